The zero-order valence-corrected chi connectivity index (χ0v) is 66.0. The smallest absolute Gasteiger partial charge is 0.259 e. The van der Waals surface area contributed by atoms with Crippen LogP contribution in [0.1, 0.15) is 119 Å². The molecule has 6 aromatic heterocycles. The van der Waals surface area contributed by atoms with Crippen molar-refractivity contribution in [2.45, 2.75) is 118 Å². The number of nitrogens with one attached hydrogen (secondary N) is 4. The molecular weight excluding hydrogens is 1480 g/mol. The molecule has 0 radical (unpaired) electrons. The molecule has 604 valence electrons. The molecule has 11 heterocycles. The Kier molecular flexibility index (Phi) is 22.1. The first-order valence-electron chi connectivity index (χ1n) is 37.8. The summed E-state index contributed by atoms with van der Waals surface area (Å²) in [6, 6.07) is 39.3. The summed E-state index contributed by atoms with van der Waals surface area (Å²) < 4.78 is 74.9. The number of amides is 1. The summed E-state index contributed by atoms with van der Waals surface area (Å²) in [5.41, 5.74) is 39.8. The summed E-state index contributed by atoms with van der Waals surface area (Å²) in [6.45, 7) is 27.5. The standard InChI is InChI=1S/C30H34N6O2S.C29H32N6O2S.C25H26N6O3S.CH4.9H2/c1-19(2)39(37,38)25-7-4-22(5-8-25)27-16-32-30-29(34-27)28(17-33-30)36-18-23-14-24(6-9-26(23)20(36)3)35-12-10-21(15-31)11-13-35;1-18(2)38(36,37)24-7-4-21(5-8-24)26-14-31-29-28(33-26)27(15-32-29)35-17-22-12-23(6-9-25(22)19(35)3)34-11-10-20(13-30)16-34;1-15(2)35(33,34)19-6-3-16(4-7-19)21-12-28-24-23(30-21)22(13-29-24)31-14-17-11-18(27-10-9-26)5-8-20(17)25(31)32;;;;;;;;;;/h4-9,14,16-17,19,21H,3,10-13,15,18,31H2,1-2H3,(H,32,33);4-9,12,14-15,18,20H,3,10-11,13,16-17,30H2,1-2H3,(H,31,32);3-8,11-13,15,27H,9-10,14,26H2,1-2H3,(H,28,29);1H4;9*1H/t;20-;;;;;;;;;;;/m.0.........../s1. The Bertz CT molecular complexity index is 6020. The molecule has 2 saturated heterocycles. The SMILES string of the molecule is C.C=C1c2ccc(N3CCC(CN)CC3)cc2CN1c1c[nH]c2ncc(-c3ccc(S(=O)(=O)C(C)C)cc3)nc12.C=C1c2ccc(N3CC[C@@H](CN)C3)cc2CN1c1c[nH]c2ncc(-c3ccc(S(=O)(=O)C(C)C)cc3)nc12.CC(C)S(=O)(=O)c1ccc(-c2cnc3[nH]cc(N4Cc5cc(NCCN)ccc5C4=O)c3n2)cc1.[HH].[HH].[HH].[HH].[HH].[HH].[HH].[HH].[HH]. The van der Waals surface area contributed by atoms with E-state index in [1.165, 1.54) is 22.5 Å². The van der Waals surface area contributed by atoms with Crippen molar-refractivity contribution in [3.05, 3.63) is 211 Å². The van der Waals surface area contributed by atoms with Gasteiger partial charge in [-0.2, -0.15) is 0 Å². The molecule has 0 unspecified atom stereocenters. The van der Waals surface area contributed by atoms with Crippen LogP contribution in [-0.4, -0.2) is 144 Å². The van der Waals surface area contributed by atoms with Crippen molar-refractivity contribution >= 4 is 114 Å². The zero-order valence-electron chi connectivity index (χ0n) is 63.5. The van der Waals surface area contributed by atoms with Crippen molar-refractivity contribution in [1.82, 2.24) is 44.9 Å². The van der Waals surface area contributed by atoms with E-state index in [1.807, 2.05) is 30.6 Å². The maximum atomic E-state index is 13.2. The van der Waals surface area contributed by atoms with Gasteiger partial charge in [-0.15, -0.1) is 0 Å². The van der Waals surface area contributed by atoms with Crippen LogP contribution in [-0.2, 0) is 49.1 Å². The number of H-pyrrole nitrogens is 3. The molecule has 5 aliphatic rings. The second kappa shape index (κ2) is 31.8. The quantitative estimate of drug-likeness (QED) is 0.0395. The number of sulfone groups is 3. The van der Waals surface area contributed by atoms with Gasteiger partial charge < -0.3 is 62.0 Å². The van der Waals surface area contributed by atoms with Gasteiger partial charge in [0.05, 0.1) is 89.7 Å². The van der Waals surface area contributed by atoms with Gasteiger partial charge >= 0.3 is 0 Å². The molecule has 1 amide bonds. The summed E-state index contributed by atoms with van der Waals surface area (Å²) in [4.78, 5) is 62.9. The van der Waals surface area contributed by atoms with E-state index in [4.69, 9.17) is 32.2 Å². The van der Waals surface area contributed by atoms with Crippen LogP contribution in [0.4, 0.5) is 34.1 Å². The molecule has 1 atom stereocenters. The highest BCUT2D eigenvalue weighted by atomic mass is 32.2. The van der Waals surface area contributed by atoms with E-state index in [-0.39, 0.29) is 31.1 Å². The lowest BCUT2D eigenvalue weighted by atomic mass is 9.96. The van der Waals surface area contributed by atoms with Crippen LogP contribution in [0.15, 0.2) is 192 Å². The zero-order chi connectivity index (χ0) is 78.7. The van der Waals surface area contributed by atoms with E-state index in [0.717, 1.165) is 131 Å². The van der Waals surface area contributed by atoms with E-state index in [1.54, 1.807) is 144 Å². The third-order valence-electron chi connectivity index (χ3n) is 22.0. The average molecular weight is 1600 g/mol. The minimum atomic E-state index is -3.36. The van der Waals surface area contributed by atoms with Crippen LogP contribution in [0.3, 0.4) is 0 Å². The molecule has 6 aromatic carbocycles. The van der Waals surface area contributed by atoms with Gasteiger partial charge in [-0.05, 0) is 181 Å². The molecule has 0 saturated carbocycles. The first-order valence-corrected chi connectivity index (χ1v) is 42.5. The van der Waals surface area contributed by atoms with Crippen molar-refractivity contribution < 1.29 is 42.9 Å². The Balaban J connectivity index is 0.000000313. The molecule has 25 nitrogen and oxygen atoms in total. The van der Waals surface area contributed by atoms with Crippen molar-refractivity contribution in [1.29, 1.82) is 0 Å². The second-order valence-electron chi connectivity index (χ2n) is 30.0. The number of rotatable bonds is 19. The lowest BCUT2D eigenvalue weighted by molar-refractivity contribution is 0.0996. The predicted molar refractivity (Wildman–Crippen MR) is 472 cm³/mol. The van der Waals surface area contributed by atoms with Crippen LogP contribution >= 0.6 is 0 Å². The fraction of sp³-hybridized carbons (Fsp3) is 0.306. The number of nitrogens with two attached hydrogens (primary N) is 3. The van der Waals surface area contributed by atoms with Crippen LogP contribution in [0, 0.1) is 11.8 Å². The molecule has 12 aromatic rings. The fourth-order valence-electron chi connectivity index (χ4n) is 15.1. The van der Waals surface area contributed by atoms with Crippen molar-refractivity contribution in [2.75, 3.05) is 82.2 Å². The van der Waals surface area contributed by atoms with Gasteiger partial charge in [0, 0.05) is 146 Å². The van der Waals surface area contributed by atoms with Crippen LogP contribution in [0.2, 0.25) is 0 Å². The number of hydrogen-bond acceptors (Lipinski definition) is 21. The third-order valence-corrected chi connectivity index (χ3v) is 28.6. The molecule has 0 bridgehead atoms. The van der Waals surface area contributed by atoms with E-state index in [9.17, 15) is 30.0 Å². The van der Waals surface area contributed by atoms with Crippen molar-refractivity contribution in [2.24, 2.45) is 29.0 Å². The Morgan fingerprint density at radius 3 is 1.23 bits per heavy atom. The number of aromatic amines is 3. The number of anilines is 6. The Morgan fingerprint density at radius 1 is 0.478 bits per heavy atom. The minimum Gasteiger partial charge on any atom is -0.384 e. The number of nitrogens with zero attached hydrogens (tertiary/aromatic N) is 11. The first kappa shape index (κ1) is 78.5. The maximum Gasteiger partial charge on any atom is 0.259 e. The highest BCUT2D eigenvalue weighted by Crippen LogP contribution is 2.44. The summed E-state index contributed by atoms with van der Waals surface area (Å²) in [7, 11) is -10.0. The van der Waals surface area contributed by atoms with Gasteiger partial charge in [0.2, 0.25) is 0 Å². The third kappa shape index (κ3) is 15.2. The first-order chi connectivity index (χ1) is 53.8. The van der Waals surface area contributed by atoms with Gasteiger partial charge in [0.25, 0.3) is 5.91 Å². The second-order valence-corrected chi connectivity index (χ2v) is 37.5. The van der Waals surface area contributed by atoms with Gasteiger partial charge in [0.1, 0.15) is 16.6 Å². The molecule has 28 heteroatoms. The normalized spacial score (nSPS) is 15.8. The number of piperidine rings is 1. The molecule has 17 rings (SSSR count). The maximum absolute atomic E-state index is 13.2. The summed E-state index contributed by atoms with van der Waals surface area (Å²) in [6.07, 6.45) is 14.1. The summed E-state index contributed by atoms with van der Waals surface area (Å²) in [5, 5.41) is 1.80. The molecular formula is C85H114N18O7S3. The number of fused-ring (bicyclic) bond motifs is 6. The Hall–Kier alpha value is -11.1. The number of benzene rings is 6. The van der Waals surface area contributed by atoms with E-state index < -0.39 is 45.3 Å². The fourth-order valence-corrected chi connectivity index (χ4v) is 18.3. The average Bonchev–Trinajstić information content (AvgIpc) is 1.61. The van der Waals surface area contributed by atoms with Gasteiger partial charge in [0.15, 0.2) is 46.5 Å². The van der Waals surface area contributed by atoms with Gasteiger partial charge in [-0.1, -0.05) is 69.1 Å². The van der Waals surface area contributed by atoms with E-state index in [2.05, 4.69) is 104 Å². The van der Waals surface area contributed by atoms with E-state index in [0.29, 0.717) is 105 Å². The molecule has 0 spiro atoms. The van der Waals surface area contributed by atoms with Crippen LogP contribution in [0.25, 0.3) is 78.7 Å². The van der Waals surface area contributed by atoms with Gasteiger partial charge in [-0.3, -0.25) is 4.79 Å². The topological polar surface area (TPSA) is 350 Å². The molecule has 5 aliphatic heterocycles. The monoisotopic (exact) mass is 1590 g/mol. The predicted octanol–water partition coefficient (Wildman–Crippen LogP) is 15.7. The largest absolute Gasteiger partial charge is 0.384 e. The van der Waals surface area contributed by atoms with Crippen molar-refractivity contribution in [3.8, 4) is 33.8 Å². The minimum absolute atomic E-state index is 0. The number of aromatic nitrogens is 9. The number of hydrogen-bond donors (Lipinski definition) is 7. The Morgan fingerprint density at radius 2 is 0.841 bits per heavy atom. The molecule has 113 heavy (non-hydrogen) atoms. The lowest BCUT2D eigenvalue weighted by Crippen LogP contribution is -2.36. The number of carbonyl (C=O) groups is 1. The summed E-state index contributed by atoms with van der Waals surface area (Å²) >= 11 is 0. The molecule has 0 aliphatic carbocycles. The number of carbonyl (C=O) groups excluding carboxylic acids is 1. The summed E-state index contributed by atoms with van der Waals surface area (Å²) in [5.74, 6) is 1.09. The lowest BCUT2D eigenvalue weighted by Gasteiger charge is -2.33. The van der Waals surface area contributed by atoms with Crippen LogP contribution in [0.5, 0.6) is 0 Å². The van der Waals surface area contributed by atoms with Gasteiger partial charge in [-0.25, -0.2) is 55.2 Å². The Labute approximate surface area is 673 Å². The highest BCUT2D eigenvalue weighted by molar-refractivity contribution is 7.92. The van der Waals surface area contributed by atoms with Crippen LogP contribution < -0.4 is 47.0 Å². The molecule has 2 fully saturated rings. The molecule has 10 N–H and O–H groups in total. The highest BCUT2D eigenvalue weighted by Gasteiger charge is 2.34. The van der Waals surface area contributed by atoms with E-state index >= 15 is 0 Å². The van der Waals surface area contributed by atoms with Crippen molar-refractivity contribution in [3.63, 3.8) is 0 Å².